The van der Waals surface area contributed by atoms with Crippen LogP contribution in [0.5, 0.6) is 11.5 Å². The number of nitrogens with zero attached hydrogens (tertiary/aromatic N) is 1. The van der Waals surface area contributed by atoms with E-state index in [-0.39, 0.29) is 19.4 Å². The van der Waals surface area contributed by atoms with Gasteiger partial charge in [-0.15, -0.1) is 0 Å². The topological polar surface area (TPSA) is 63.6 Å². The van der Waals surface area contributed by atoms with Gasteiger partial charge in [-0.2, -0.15) is 0 Å². The highest BCUT2D eigenvalue weighted by molar-refractivity contribution is 5.70. The number of hydrogen-bond donors (Lipinski definition) is 2. The maximum Gasteiger partial charge on any atom is 0.231 e. The molecule has 2 heterocycles. The zero-order valence-electron chi connectivity index (χ0n) is 13.6. The molecular formula is C20H18N2O3. The second-order valence-electron chi connectivity index (χ2n) is 5.82. The maximum atomic E-state index is 9.72. The van der Waals surface area contributed by atoms with E-state index in [1.165, 1.54) is 0 Å². The predicted molar refractivity (Wildman–Crippen MR) is 95.7 cm³/mol. The first-order chi connectivity index (χ1) is 12.3. The molecule has 4 rings (SSSR count). The first-order valence-electron chi connectivity index (χ1n) is 8.11. The zero-order valence-corrected chi connectivity index (χ0v) is 13.6. The van der Waals surface area contributed by atoms with Crippen molar-refractivity contribution >= 4 is 5.69 Å². The Kier molecular flexibility index (Phi) is 4.23. The fraction of sp³-hybridized carbons (Fsp3) is 0.150. The predicted octanol–water partition coefficient (Wildman–Crippen LogP) is 3.62. The lowest BCUT2D eigenvalue weighted by atomic mass is 10.1. The molecule has 1 aliphatic heterocycles. The number of nitrogens with one attached hydrogen (secondary N) is 1. The molecule has 1 aromatic heterocycles. The van der Waals surface area contributed by atoms with E-state index in [2.05, 4.69) is 10.3 Å². The summed E-state index contributed by atoms with van der Waals surface area (Å²) in [4.78, 5) is 4.32. The van der Waals surface area contributed by atoms with Gasteiger partial charge in [0.1, 0.15) is 0 Å². The van der Waals surface area contributed by atoms with Gasteiger partial charge < -0.3 is 19.9 Å². The van der Waals surface area contributed by atoms with Crippen LogP contribution in [-0.4, -0.2) is 23.5 Å². The first kappa shape index (κ1) is 15.5. The Hall–Kier alpha value is -3.05. The summed E-state index contributed by atoms with van der Waals surface area (Å²) in [6.45, 7) is 0.256. The van der Waals surface area contributed by atoms with E-state index in [0.29, 0.717) is 0 Å². The molecule has 2 aromatic carbocycles. The minimum Gasteiger partial charge on any atom is -0.454 e. The van der Waals surface area contributed by atoms with Crippen LogP contribution in [0.1, 0.15) is 11.6 Å². The number of ether oxygens (including phenoxy) is 2. The SMILES string of the molecule is OCC(Nc1cncc(-c2ccc3c(c2)OCO3)c1)c1ccccc1. The third-order valence-corrected chi connectivity index (χ3v) is 4.17. The molecule has 2 N–H and O–H groups in total. The molecule has 0 spiro atoms. The molecule has 0 bridgehead atoms. The summed E-state index contributed by atoms with van der Waals surface area (Å²) in [5.74, 6) is 1.50. The number of anilines is 1. The second-order valence-corrected chi connectivity index (χ2v) is 5.82. The van der Waals surface area contributed by atoms with Gasteiger partial charge in [0, 0.05) is 18.0 Å². The van der Waals surface area contributed by atoms with E-state index < -0.39 is 0 Å². The molecule has 0 amide bonds. The average molecular weight is 334 g/mol. The Balaban J connectivity index is 1.59. The van der Waals surface area contributed by atoms with Gasteiger partial charge in [0.25, 0.3) is 0 Å². The van der Waals surface area contributed by atoms with E-state index in [0.717, 1.165) is 33.9 Å². The molecule has 1 atom stereocenters. The van der Waals surface area contributed by atoms with Gasteiger partial charge >= 0.3 is 0 Å². The summed E-state index contributed by atoms with van der Waals surface area (Å²) in [6, 6.07) is 17.5. The lowest BCUT2D eigenvalue weighted by molar-refractivity contribution is 0.174. The molecule has 0 saturated heterocycles. The standard InChI is InChI=1S/C20H18N2O3/c23-12-18(14-4-2-1-3-5-14)22-17-8-16(10-21-11-17)15-6-7-19-20(9-15)25-13-24-19/h1-11,18,22-23H,12-13H2. The average Bonchev–Trinajstić information content (AvgIpc) is 3.15. The number of rotatable bonds is 5. The highest BCUT2D eigenvalue weighted by Gasteiger charge is 2.15. The van der Waals surface area contributed by atoms with Gasteiger partial charge in [0.15, 0.2) is 11.5 Å². The first-order valence-corrected chi connectivity index (χ1v) is 8.11. The molecule has 5 heteroatoms. The van der Waals surface area contributed by atoms with E-state index >= 15 is 0 Å². The van der Waals surface area contributed by atoms with Gasteiger partial charge in [0.05, 0.1) is 18.3 Å². The molecule has 0 aliphatic carbocycles. The van der Waals surface area contributed by atoms with Gasteiger partial charge in [0.2, 0.25) is 6.79 Å². The number of aliphatic hydroxyl groups excluding tert-OH is 1. The fourth-order valence-corrected chi connectivity index (χ4v) is 2.87. The highest BCUT2D eigenvalue weighted by Crippen LogP contribution is 2.36. The van der Waals surface area contributed by atoms with Crippen LogP contribution >= 0.6 is 0 Å². The van der Waals surface area contributed by atoms with E-state index in [9.17, 15) is 5.11 Å². The van der Waals surface area contributed by atoms with Crippen molar-refractivity contribution in [3.8, 4) is 22.6 Å². The number of benzene rings is 2. The van der Waals surface area contributed by atoms with Gasteiger partial charge in [-0.25, -0.2) is 0 Å². The molecule has 1 aliphatic rings. The Bertz CT molecular complexity index is 868. The Morgan fingerprint density at radius 3 is 2.64 bits per heavy atom. The van der Waals surface area contributed by atoms with Crippen molar-refractivity contribution in [2.45, 2.75) is 6.04 Å². The smallest absolute Gasteiger partial charge is 0.231 e. The van der Waals surface area contributed by atoms with Crippen LogP contribution in [0.3, 0.4) is 0 Å². The monoisotopic (exact) mass is 334 g/mol. The van der Waals surface area contributed by atoms with Gasteiger partial charge in [-0.05, 0) is 29.3 Å². The molecule has 0 fully saturated rings. The van der Waals surface area contributed by atoms with Crippen LogP contribution in [0.25, 0.3) is 11.1 Å². The van der Waals surface area contributed by atoms with E-state index in [1.54, 1.807) is 12.4 Å². The number of aliphatic hydroxyl groups is 1. The molecule has 1 unspecified atom stereocenters. The van der Waals surface area contributed by atoms with E-state index in [1.807, 2.05) is 54.6 Å². The Labute approximate surface area is 145 Å². The van der Waals surface area contributed by atoms with Crippen molar-refractivity contribution in [1.29, 1.82) is 0 Å². The molecule has 5 nitrogen and oxygen atoms in total. The van der Waals surface area contributed by atoms with Crippen molar-refractivity contribution in [3.05, 3.63) is 72.6 Å². The van der Waals surface area contributed by atoms with Crippen molar-refractivity contribution in [3.63, 3.8) is 0 Å². The van der Waals surface area contributed by atoms with Crippen molar-refractivity contribution in [2.24, 2.45) is 0 Å². The van der Waals surface area contributed by atoms with Crippen molar-refractivity contribution in [1.82, 2.24) is 4.98 Å². The summed E-state index contributed by atoms with van der Waals surface area (Å²) in [6.07, 6.45) is 3.56. The van der Waals surface area contributed by atoms with E-state index in [4.69, 9.17) is 9.47 Å². The molecular weight excluding hydrogens is 316 g/mol. The Morgan fingerprint density at radius 2 is 1.80 bits per heavy atom. The number of hydrogen-bond acceptors (Lipinski definition) is 5. The Morgan fingerprint density at radius 1 is 0.960 bits per heavy atom. The van der Waals surface area contributed by atoms with Crippen LogP contribution in [0, 0.1) is 0 Å². The normalized spacial score (nSPS) is 13.5. The van der Waals surface area contributed by atoms with Crippen LogP contribution in [0.4, 0.5) is 5.69 Å². The number of pyridine rings is 1. The highest BCUT2D eigenvalue weighted by atomic mass is 16.7. The zero-order chi connectivity index (χ0) is 17.1. The summed E-state index contributed by atoms with van der Waals surface area (Å²) in [5.41, 5.74) is 3.84. The van der Waals surface area contributed by atoms with Crippen LogP contribution in [0.15, 0.2) is 67.0 Å². The number of aromatic nitrogens is 1. The molecule has 3 aromatic rings. The summed E-state index contributed by atoms with van der Waals surface area (Å²) in [7, 11) is 0. The molecule has 0 radical (unpaired) electrons. The fourth-order valence-electron chi connectivity index (χ4n) is 2.87. The third-order valence-electron chi connectivity index (χ3n) is 4.17. The van der Waals surface area contributed by atoms with Crippen LogP contribution in [-0.2, 0) is 0 Å². The quantitative estimate of drug-likeness (QED) is 0.746. The van der Waals surface area contributed by atoms with Gasteiger partial charge in [-0.3, -0.25) is 4.98 Å². The summed E-state index contributed by atoms with van der Waals surface area (Å²) >= 11 is 0. The maximum absolute atomic E-state index is 9.72. The second kappa shape index (κ2) is 6.83. The molecule has 0 saturated carbocycles. The van der Waals surface area contributed by atoms with Crippen molar-refractivity contribution in [2.75, 3.05) is 18.7 Å². The largest absolute Gasteiger partial charge is 0.454 e. The molecule has 25 heavy (non-hydrogen) atoms. The minimum absolute atomic E-state index is 0.00172. The van der Waals surface area contributed by atoms with Crippen molar-refractivity contribution < 1.29 is 14.6 Å². The lowest BCUT2D eigenvalue weighted by Gasteiger charge is -2.18. The summed E-state index contributed by atoms with van der Waals surface area (Å²) in [5, 5.41) is 13.1. The third kappa shape index (κ3) is 3.27. The summed E-state index contributed by atoms with van der Waals surface area (Å²) < 4.78 is 10.8. The van der Waals surface area contributed by atoms with Crippen LogP contribution in [0.2, 0.25) is 0 Å². The number of fused-ring (bicyclic) bond motifs is 1. The van der Waals surface area contributed by atoms with Gasteiger partial charge in [-0.1, -0.05) is 36.4 Å². The lowest BCUT2D eigenvalue weighted by Crippen LogP contribution is -2.14. The minimum atomic E-state index is -0.185. The van der Waals surface area contributed by atoms with Crippen LogP contribution < -0.4 is 14.8 Å². The molecule has 126 valence electrons.